The first-order valence-corrected chi connectivity index (χ1v) is 11.5. The highest BCUT2D eigenvalue weighted by Gasteiger charge is 2.35. The molecule has 0 unspecified atom stereocenters. The first kappa shape index (κ1) is 20.3. The second kappa shape index (κ2) is 8.71. The Bertz CT molecular complexity index is 734. The lowest BCUT2D eigenvalue weighted by molar-refractivity contribution is -0.883. The third kappa shape index (κ3) is 4.89. The van der Waals surface area contributed by atoms with Gasteiger partial charge in [0.05, 0.1) is 44.7 Å². The molecule has 7 heteroatoms. The van der Waals surface area contributed by atoms with E-state index >= 15 is 0 Å². The van der Waals surface area contributed by atoms with Gasteiger partial charge in [0.25, 0.3) is 0 Å². The van der Waals surface area contributed by atoms with Crippen LogP contribution in [-0.4, -0.2) is 69.3 Å². The Balaban J connectivity index is 1.82. The minimum atomic E-state index is -3.68. The van der Waals surface area contributed by atoms with Gasteiger partial charge in [-0.1, -0.05) is 37.0 Å². The van der Waals surface area contributed by atoms with Crippen LogP contribution in [0.3, 0.4) is 0 Å². The topological polar surface area (TPSA) is 62.1 Å². The van der Waals surface area contributed by atoms with Crippen LogP contribution in [0.25, 0.3) is 0 Å². The zero-order chi connectivity index (χ0) is 19.4. The highest BCUT2D eigenvalue weighted by atomic mass is 32.2. The summed E-state index contributed by atoms with van der Waals surface area (Å²) in [5.74, 6) is -0.0660. The monoisotopic (exact) mass is 394 g/mol. The van der Waals surface area contributed by atoms with Crippen LogP contribution >= 0.6 is 0 Å². The second-order valence-electron chi connectivity index (χ2n) is 7.99. The molecule has 0 atom stereocenters. The largest absolute Gasteiger partial charge is 0.334 e. The molecule has 0 spiro atoms. The molecule has 1 aromatic carbocycles. The highest BCUT2D eigenvalue weighted by molar-refractivity contribution is 7.89. The van der Waals surface area contributed by atoms with E-state index in [1.165, 1.54) is 9.21 Å². The third-order valence-corrected chi connectivity index (χ3v) is 7.78. The normalized spacial score (nSPS) is 20.2. The van der Waals surface area contributed by atoms with E-state index in [4.69, 9.17) is 0 Å². The predicted molar refractivity (Wildman–Crippen MR) is 105 cm³/mol. The molecule has 1 aromatic rings. The number of carbonyl (C=O) groups is 1. The van der Waals surface area contributed by atoms with Gasteiger partial charge in [0.2, 0.25) is 15.9 Å². The van der Waals surface area contributed by atoms with Gasteiger partial charge in [-0.25, -0.2) is 8.42 Å². The predicted octanol–water partition coefficient (Wildman–Crippen LogP) is 0.675. The Morgan fingerprint density at radius 2 is 1.70 bits per heavy atom. The van der Waals surface area contributed by atoms with Crippen LogP contribution in [0.1, 0.15) is 37.7 Å². The van der Waals surface area contributed by atoms with Crippen molar-refractivity contribution in [1.82, 2.24) is 9.21 Å². The molecule has 1 saturated carbocycles. The van der Waals surface area contributed by atoms with Crippen molar-refractivity contribution in [2.45, 2.75) is 50.0 Å². The maximum atomic E-state index is 13.4. The number of aryl methyl sites for hydroxylation is 1. The summed E-state index contributed by atoms with van der Waals surface area (Å²) in [5, 5.41) is 0. The molecule has 1 aliphatic carbocycles. The van der Waals surface area contributed by atoms with Gasteiger partial charge in [0, 0.05) is 6.04 Å². The van der Waals surface area contributed by atoms with E-state index in [2.05, 4.69) is 7.05 Å². The molecular formula is C20H32N3O3S+. The van der Waals surface area contributed by atoms with Gasteiger partial charge in [-0.15, -0.1) is 0 Å². The van der Waals surface area contributed by atoms with Gasteiger partial charge in [0.1, 0.15) is 0 Å². The minimum Gasteiger partial charge on any atom is -0.334 e. The zero-order valence-corrected chi connectivity index (χ0v) is 17.3. The molecule has 2 aliphatic rings. The first-order valence-electron chi connectivity index (χ1n) is 10.1. The number of nitrogens with zero attached hydrogens (tertiary/aromatic N) is 2. The van der Waals surface area contributed by atoms with Crippen molar-refractivity contribution < 1.29 is 18.1 Å². The molecule has 0 bridgehead atoms. The Morgan fingerprint density at radius 3 is 2.30 bits per heavy atom. The van der Waals surface area contributed by atoms with Crippen molar-refractivity contribution in [2.24, 2.45) is 0 Å². The molecule has 1 N–H and O–H groups in total. The average Bonchev–Trinajstić information content (AvgIpc) is 2.67. The molecule has 1 aliphatic heterocycles. The summed E-state index contributed by atoms with van der Waals surface area (Å²) in [4.78, 5) is 16.4. The van der Waals surface area contributed by atoms with Gasteiger partial charge in [-0.3, -0.25) is 4.79 Å². The van der Waals surface area contributed by atoms with Crippen LogP contribution in [-0.2, 0) is 14.8 Å². The van der Waals surface area contributed by atoms with E-state index in [1.54, 1.807) is 12.1 Å². The number of hydrogen-bond donors (Lipinski definition) is 1. The van der Waals surface area contributed by atoms with E-state index in [0.717, 1.165) is 50.8 Å². The number of likely N-dealkylation sites (N-methyl/N-ethyl adjacent to an activating group) is 1. The summed E-state index contributed by atoms with van der Waals surface area (Å²) in [5.41, 5.74) is 1.02. The van der Waals surface area contributed by atoms with E-state index in [-0.39, 0.29) is 23.4 Å². The number of nitrogens with one attached hydrogen (secondary N) is 1. The minimum absolute atomic E-state index is 0.0417. The number of amides is 1. The van der Waals surface area contributed by atoms with Gasteiger partial charge >= 0.3 is 0 Å². The fraction of sp³-hybridized carbons (Fsp3) is 0.650. The number of rotatable bonds is 5. The van der Waals surface area contributed by atoms with Gasteiger partial charge in [-0.2, -0.15) is 4.31 Å². The van der Waals surface area contributed by atoms with Gasteiger partial charge < -0.3 is 9.80 Å². The van der Waals surface area contributed by atoms with Crippen LogP contribution in [0, 0.1) is 6.92 Å². The molecule has 1 heterocycles. The number of piperazine rings is 1. The standard InChI is InChI=1S/C20H31N3O3S/c1-17-8-10-19(11-9-17)27(25,26)23(18-6-4-3-5-7-18)16-20(24)22-14-12-21(2)13-15-22/h8-11,18H,3-7,12-16H2,1-2H3/p+1. The fourth-order valence-corrected chi connectivity index (χ4v) is 5.63. The van der Waals surface area contributed by atoms with E-state index < -0.39 is 10.0 Å². The number of benzene rings is 1. The molecule has 0 aromatic heterocycles. The molecular weight excluding hydrogens is 362 g/mol. The summed E-state index contributed by atoms with van der Waals surface area (Å²) in [6, 6.07) is 6.87. The lowest BCUT2D eigenvalue weighted by Crippen LogP contribution is -3.12. The molecule has 1 saturated heterocycles. The summed E-state index contributed by atoms with van der Waals surface area (Å²) < 4.78 is 28.2. The lowest BCUT2D eigenvalue weighted by atomic mass is 9.95. The SMILES string of the molecule is Cc1ccc(S(=O)(=O)N(CC(=O)N2CC[NH+](C)CC2)C2CCCCC2)cc1. The fourth-order valence-electron chi connectivity index (χ4n) is 4.00. The third-order valence-electron chi connectivity index (χ3n) is 5.87. The maximum absolute atomic E-state index is 13.4. The molecule has 2 fully saturated rings. The smallest absolute Gasteiger partial charge is 0.243 e. The molecule has 6 nitrogen and oxygen atoms in total. The van der Waals surface area contributed by atoms with Crippen molar-refractivity contribution in [3.05, 3.63) is 29.8 Å². The lowest BCUT2D eigenvalue weighted by Gasteiger charge is -2.36. The Hall–Kier alpha value is -1.44. The number of quaternary nitrogens is 1. The van der Waals surface area contributed by atoms with Crippen molar-refractivity contribution in [2.75, 3.05) is 39.8 Å². The first-order chi connectivity index (χ1) is 12.9. The van der Waals surface area contributed by atoms with Crippen LogP contribution < -0.4 is 4.90 Å². The van der Waals surface area contributed by atoms with Crippen molar-refractivity contribution in [3.63, 3.8) is 0 Å². The highest BCUT2D eigenvalue weighted by Crippen LogP contribution is 2.28. The second-order valence-corrected chi connectivity index (χ2v) is 9.88. The summed E-state index contributed by atoms with van der Waals surface area (Å²) >= 11 is 0. The summed E-state index contributed by atoms with van der Waals surface area (Å²) in [6.07, 6.45) is 4.87. The van der Waals surface area contributed by atoms with Crippen LogP contribution in [0.2, 0.25) is 0 Å². The molecule has 0 radical (unpaired) electrons. The van der Waals surface area contributed by atoms with Gasteiger partial charge in [0.15, 0.2) is 0 Å². The van der Waals surface area contributed by atoms with Crippen molar-refractivity contribution >= 4 is 15.9 Å². The molecule has 27 heavy (non-hydrogen) atoms. The maximum Gasteiger partial charge on any atom is 0.243 e. The van der Waals surface area contributed by atoms with Crippen LogP contribution in [0.4, 0.5) is 0 Å². The number of sulfonamides is 1. The van der Waals surface area contributed by atoms with E-state index in [1.807, 2.05) is 24.0 Å². The van der Waals surface area contributed by atoms with Crippen LogP contribution in [0.15, 0.2) is 29.2 Å². The quantitative estimate of drug-likeness (QED) is 0.799. The van der Waals surface area contributed by atoms with Crippen molar-refractivity contribution in [3.8, 4) is 0 Å². The molecule has 150 valence electrons. The van der Waals surface area contributed by atoms with Crippen molar-refractivity contribution in [1.29, 1.82) is 0 Å². The average molecular weight is 395 g/mol. The zero-order valence-electron chi connectivity index (χ0n) is 16.5. The Kier molecular flexibility index (Phi) is 6.55. The Morgan fingerprint density at radius 1 is 1.11 bits per heavy atom. The Labute approximate surface area is 163 Å². The number of carbonyl (C=O) groups excluding carboxylic acids is 1. The van der Waals surface area contributed by atoms with Gasteiger partial charge in [-0.05, 0) is 31.9 Å². The molecule has 3 rings (SSSR count). The molecule has 1 amide bonds. The summed E-state index contributed by atoms with van der Waals surface area (Å²) in [7, 11) is -1.56. The van der Waals surface area contributed by atoms with E-state index in [9.17, 15) is 13.2 Å². The van der Waals surface area contributed by atoms with E-state index in [0.29, 0.717) is 13.1 Å². The number of hydrogen-bond acceptors (Lipinski definition) is 3. The summed E-state index contributed by atoms with van der Waals surface area (Å²) in [6.45, 7) is 5.13. The van der Waals surface area contributed by atoms with Crippen LogP contribution in [0.5, 0.6) is 0 Å².